The Morgan fingerprint density at radius 3 is 2.57 bits per heavy atom. The third kappa shape index (κ3) is 8.44. The summed E-state index contributed by atoms with van der Waals surface area (Å²) in [6.07, 6.45) is 1.45. The lowest BCUT2D eigenvalue weighted by atomic mass is 10.0. The van der Waals surface area contributed by atoms with Crippen molar-refractivity contribution in [2.75, 3.05) is 39.3 Å². The number of likely N-dealkylation sites (tertiary alicyclic amines) is 1. The van der Waals surface area contributed by atoms with E-state index in [-0.39, 0.29) is 19.0 Å². The van der Waals surface area contributed by atoms with E-state index in [1.165, 1.54) is 12.1 Å². The van der Waals surface area contributed by atoms with Crippen molar-refractivity contribution in [3.8, 4) is 5.75 Å². The van der Waals surface area contributed by atoms with Gasteiger partial charge in [0.05, 0.1) is 6.54 Å². The molecule has 1 fully saturated rings. The van der Waals surface area contributed by atoms with E-state index in [0.717, 1.165) is 45.0 Å². The number of aliphatic hydroxyl groups excluding tert-OH is 1. The molecule has 1 unspecified atom stereocenters. The molecule has 2 rings (SSSR count). The maximum atomic E-state index is 12.9. The highest BCUT2D eigenvalue weighted by Crippen LogP contribution is 2.13. The van der Waals surface area contributed by atoms with Crippen LogP contribution in [-0.4, -0.2) is 67.4 Å². The van der Waals surface area contributed by atoms with E-state index in [0.29, 0.717) is 17.7 Å². The van der Waals surface area contributed by atoms with Gasteiger partial charge in [0.25, 0.3) is 0 Å². The van der Waals surface area contributed by atoms with Crippen LogP contribution in [0.15, 0.2) is 29.3 Å². The molecule has 1 atom stereocenters. The van der Waals surface area contributed by atoms with Crippen LogP contribution < -0.4 is 15.4 Å². The van der Waals surface area contributed by atoms with Crippen molar-refractivity contribution < 1.29 is 14.2 Å². The average molecular weight is 395 g/mol. The number of aliphatic hydroxyl groups is 1. The zero-order valence-electron chi connectivity index (χ0n) is 17.3. The second-order valence-electron chi connectivity index (χ2n) is 7.75. The monoisotopic (exact) mass is 394 g/mol. The number of ether oxygens (including phenoxy) is 1. The Hall–Kier alpha value is -1.86. The Kier molecular flexibility index (Phi) is 9.50. The molecule has 7 heteroatoms. The zero-order chi connectivity index (χ0) is 20.4. The number of nitrogens with one attached hydrogen (secondary N) is 2. The van der Waals surface area contributed by atoms with Crippen LogP contribution in [0.3, 0.4) is 0 Å². The highest BCUT2D eigenvalue weighted by Gasteiger charge is 2.20. The van der Waals surface area contributed by atoms with E-state index in [1.807, 2.05) is 6.92 Å². The smallest absolute Gasteiger partial charge is 0.191 e. The molecule has 0 aliphatic carbocycles. The number of piperidine rings is 1. The lowest BCUT2D eigenvalue weighted by molar-refractivity contribution is 0.114. The number of benzene rings is 1. The van der Waals surface area contributed by atoms with Gasteiger partial charge < -0.3 is 25.4 Å². The van der Waals surface area contributed by atoms with E-state index in [1.54, 1.807) is 12.1 Å². The SMILES string of the molecule is CCNC(=NCC(O)COc1ccc(F)cc1)NC1CCN(CC(C)C)CC1. The summed E-state index contributed by atoms with van der Waals surface area (Å²) in [5, 5.41) is 16.9. The van der Waals surface area contributed by atoms with Gasteiger partial charge in [-0.25, -0.2) is 4.39 Å². The summed E-state index contributed by atoms with van der Waals surface area (Å²) in [5.74, 6) is 1.64. The predicted octanol–water partition coefficient (Wildman–Crippen LogP) is 2.24. The van der Waals surface area contributed by atoms with Crippen LogP contribution in [0.5, 0.6) is 5.75 Å². The van der Waals surface area contributed by atoms with Gasteiger partial charge in [0.15, 0.2) is 5.96 Å². The lowest BCUT2D eigenvalue weighted by Gasteiger charge is -2.34. The van der Waals surface area contributed by atoms with Gasteiger partial charge >= 0.3 is 0 Å². The molecule has 0 aromatic heterocycles. The van der Waals surface area contributed by atoms with Crippen LogP contribution in [0.1, 0.15) is 33.6 Å². The number of hydrogen-bond donors (Lipinski definition) is 3. The lowest BCUT2D eigenvalue weighted by Crippen LogP contribution is -2.49. The molecule has 1 saturated heterocycles. The summed E-state index contributed by atoms with van der Waals surface area (Å²) in [5.41, 5.74) is 0. The maximum Gasteiger partial charge on any atom is 0.191 e. The summed E-state index contributed by atoms with van der Waals surface area (Å²) in [4.78, 5) is 7.01. The standard InChI is InChI=1S/C21H35FN4O2/c1-4-23-21(25-18-9-11-26(12-10-18)14-16(2)3)24-13-19(27)15-28-20-7-5-17(22)6-8-20/h5-8,16,18-19,27H,4,9-15H2,1-3H3,(H2,23,24,25). The molecule has 0 amide bonds. The van der Waals surface area contributed by atoms with Crippen LogP contribution in [0, 0.1) is 11.7 Å². The Balaban J connectivity index is 1.75. The fourth-order valence-electron chi connectivity index (χ4n) is 3.26. The number of rotatable bonds is 9. The molecular formula is C21H35FN4O2. The molecular weight excluding hydrogens is 359 g/mol. The van der Waals surface area contributed by atoms with E-state index < -0.39 is 6.10 Å². The van der Waals surface area contributed by atoms with Crippen molar-refractivity contribution in [3.63, 3.8) is 0 Å². The molecule has 1 heterocycles. The first-order chi connectivity index (χ1) is 13.5. The van der Waals surface area contributed by atoms with Crippen molar-refractivity contribution in [3.05, 3.63) is 30.1 Å². The number of aliphatic imine (C=N–C) groups is 1. The Bertz CT molecular complexity index is 587. The zero-order valence-corrected chi connectivity index (χ0v) is 17.3. The predicted molar refractivity (Wildman–Crippen MR) is 111 cm³/mol. The minimum atomic E-state index is -0.728. The molecule has 6 nitrogen and oxygen atoms in total. The summed E-state index contributed by atoms with van der Waals surface area (Å²) >= 11 is 0. The van der Waals surface area contributed by atoms with Gasteiger partial charge in [-0.05, 0) is 49.9 Å². The summed E-state index contributed by atoms with van der Waals surface area (Å²) in [6, 6.07) is 6.15. The fourth-order valence-corrected chi connectivity index (χ4v) is 3.26. The van der Waals surface area contributed by atoms with E-state index >= 15 is 0 Å². The van der Waals surface area contributed by atoms with E-state index in [4.69, 9.17) is 4.74 Å². The molecule has 0 saturated carbocycles. The molecule has 0 spiro atoms. The molecule has 1 aliphatic heterocycles. The van der Waals surface area contributed by atoms with Crippen molar-refractivity contribution in [2.24, 2.45) is 10.9 Å². The highest BCUT2D eigenvalue weighted by molar-refractivity contribution is 5.80. The van der Waals surface area contributed by atoms with E-state index in [9.17, 15) is 9.50 Å². The Labute approximate surface area is 168 Å². The molecule has 1 aliphatic rings. The maximum absolute atomic E-state index is 12.9. The largest absolute Gasteiger partial charge is 0.491 e. The van der Waals surface area contributed by atoms with Crippen molar-refractivity contribution >= 4 is 5.96 Å². The summed E-state index contributed by atoms with van der Waals surface area (Å²) < 4.78 is 18.4. The summed E-state index contributed by atoms with van der Waals surface area (Å²) in [6.45, 7) is 11.0. The summed E-state index contributed by atoms with van der Waals surface area (Å²) in [7, 11) is 0. The second-order valence-corrected chi connectivity index (χ2v) is 7.75. The Morgan fingerprint density at radius 2 is 1.96 bits per heavy atom. The quantitative estimate of drug-likeness (QED) is 0.443. The number of hydrogen-bond acceptors (Lipinski definition) is 4. The third-order valence-electron chi connectivity index (χ3n) is 4.61. The van der Waals surface area contributed by atoms with Crippen LogP contribution >= 0.6 is 0 Å². The van der Waals surface area contributed by atoms with Crippen LogP contribution in [-0.2, 0) is 0 Å². The molecule has 3 N–H and O–H groups in total. The van der Waals surface area contributed by atoms with E-state index in [2.05, 4.69) is 34.4 Å². The van der Waals surface area contributed by atoms with Gasteiger partial charge in [0, 0.05) is 32.2 Å². The average Bonchev–Trinajstić information content (AvgIpc) is 2.67. The first-order valence-electron chi connectivity index (χ1n) is 10.3. The first-order valence-corrected chi connectivity index (χ1v) is 10.3. The van der Waals surface area contributed by atoms with Gasteiger partial charge in [-0.2, -0.15) is 0 Å². The minimum Gasteiger partial charge on any atom is -0.491 e. The topological polar surface area (TPSA) is 69.1 Å². The normalized spacial score (nSPS) is 17.6. The molecule has 158 valence electrons. The van der Waals surface area contributed by atoms with Gasteiger partial charge in [-0.1, -0.05) is 13.8 Å². The number of nitrogens with zero attached hydrogens (tertiary/aromatic N) is 2. The highest BCUT2D eigenvalue weighted by atomic mass is 19.1. The number of halogens is 1. The molecule has 1 aromatic carbocycles. The van der Waals surface area contributed by atoms with Crippen molar-refractivity contribution in [2.45, 2.75) is 45.8 Å². The van der Waals surface area contributed by atoms with Crippen LogP contribution in [0.25, 0.3) is 0 Å². The van der Waals surface area contributed by atoms with Gasteiger partial charge in [0.2, 0.25) is 0 Å². The Morgan fingerprint density at radius 1 is 1.29 bits per heavy atom. The van der Waals surface area contributed by atoms with Gasteiger partial charge in [-0.3, -0.25) is 4.99 Å². The van der Waals surface area contributed by atoms with Gasteiger partial charge in [-0.15, -0.1) is 0 Å². The molecule has 1 aromatic rings. The molecule has 0 bridgehead atoms. The second kappa shape index (κ2) is 11.9. The molecule has 0 radical (unpaired) electrons. The van der Waals surface area contributed by atoms with Crippen LogP contribution in [0.4, 0.5) is 4.39 Å². The van der Waals surface area contributed by atoms with Gasteiger partial charge in [0.1, 0.15) is 24.3 Å². The molecule has 28 heavy (non-hydrogen) atoms. The fraction of sp³-hybridized carbons (Fsp3) is 0.667. The third-order valence-corrected chi connectivity index (χ3v) is 4.61. The van der Waals surface area contributed by atoms with Crippen molar-refractivity contribution in [1.29, 1.82) is 0 Å². The first kappa shape index (κ1) is 22.4. The number of guanidine groups is 1. The minimum absolute atomic E-state index is 0.113. The van der Waals surface area contributed by atoms with Crippen molar-refractivity contribution in [1.82, 2.24) is 15.5 Å². The van der Waals surface area contributed by atoms with Crippen LogP contribution in [0.2, 0.25) is 0 Å².